The van der Waals surface area contributed by atoms with Crippen molar-refractivity contribution in [2.24, 2.45) is 0 Å². The first kappa shape index (κ1) is 18.9. The molecule has 3 rings (SSSR count). The number of rotatable bonds is 4. The summed E-state index contributed by atoms with van der Waals surface area (Å²) in [7, 11) is 0. The zero-order valence-corrected chi connectivity index (χ0v) is 16.1. The first-order valence-corrected chi connectivity index (χ1v) is 10.3. The van der Waals surface area contributed by atoms with Gasteiger partial charge < -0.3 is 9.80 Å². The zero-order chi connectivity index (χ0) is 18.4. The summed E-state index contributed by atoms with van der Waals surface area (Å²) in [5, 5.41) is 0. The Hall–Kier alpha value is -1.84. The Morgan fingerprint density at radius 2 is 1.46 bits per heavy atom. The van der Waals surface area contributed by atoms with Crippen LogP contribution in [0.15, 0.2) is 24.3 Å². The summed E-state index contributed by atoms with van der Waals surface area (Å²) in [5.74, 6) is 1.08. The molecule has 0 N–H and O–H groups in total. The lowest BCUT2D eigenvalue weighted by molar-refractivity contribution is -0.133. The number of hydrogen-bond acceptors (Lipinski definition) is 2. The van der Waals surface area contributed by atoms with E-state index in [0.717, 1.165) is 25.1 Å². The van der Waals surface area contributed by atoms with Crippen LogP contribution in [-0.4, -0.2) is 47.8 Å². The van der Waals surface area contributed by atoms with Crippen molar-refractivity contribution in [1.29, 1.82) is 0 Å². The van der Waals surface area contributed by atoms with Crippen molar-refractivity contribution in [2.75, 3.05) is 26.2 Å². The third-order valence-electron chi connectivity index (χ3n) is 5.92. The average molecular weight is 357 g/mol. The number of carbonyl (C=O) groups is 2. The van der Waals surface area contributed by atoms with Crippen LogP contribution in [0, 0.1) is 0 Å². The molecule has 1 heterocycles. The molecule has 0 unspecified atom stereocenters. The molecule has 26 heavy (non-hydrogen) atoms. The monoisotopic (exact) mass is 356 g/mol. The molecule has 4 nitrogen and oxygen atoms in total. The quantitative estimate of drug-likeness (QED) is 0.824. The van der Waals surface area contributed by atoms with Crippen molar-refractivity contribution < 1.29 is 9.59 Å². The summed E-state index contributed by atoms with van der Waals surface area (Å²) in [4.78, 5) is 28.4. The van der Waals surface area contributed by atoms with E-state index >= 15 is 0 Å². The maximum Gasteiger partial charge on any atom is 0.227 e. The Labute approximate surface area is 157 Å². The van der Waals surface area contributed by atoms with Crippen LogP contribution >= 0.6 is 0 Å². The van der Waals surface area contributed by atoms with E-state index in [-0.39, 0.29) is 11.8 Å². The molecule has 1 aliphatic heterocycles. The normalized spacial score (nSPS) is 19.3. The number of amides is 2. The van der Waals surface area contributed by atoms with Gasteiger partial charge in [0.2, 0.25) is 11.8 Å². The van der Waals surface area contributed by atoms with Gasteiger partial charge >= 0.3 is 0 Å². The first-order chi connectivity index (χ1) is 12.7. The van der Waals surface area contributed by atoms with Crippen LogP contribution in [0.1, 0.15) is 68.9 Å². The minimum absolute atomic E-state index is 0.182. The van der Waals surface area contributed by atoms with Crippen LogP contribution in [0.3, 0.4) is 0 Å². The third-order valence-corrected chi connectivity index (χ3v) is 5.92. The van der Waals surface area contributed by atoms with E-state index in [0.29, 0.717) is 31.8 Å². The van der Waals surface area contributed by atoms with Gasteiger partial charge in [-0.2, -0.15) is 0 Å². The lowest BCUT2D eigenvalue weighted by Crippen LogP contribution is -2.37. The summed E-state index contributed by atoms with van der Waals surface area (Å²) in [6.07, 6.45) is 8.55. The van der Waals surface area contributed by atoms with E-state index in [1.54, 1.807) is 0 Å². The number of hydrogen-bond donors (Lipinski definition) is 0. The Kier molecular flexibility index (Phi) is 6.70. The van der Waals surface area contributed by atoms with Gasteiger partial charge in [-0.1, -0.05) is 50.5 Å². The highest BCUT2D eigenvalue weighted by Gasteiger charge is 2.21. The Balaban J connectivity index is 1.53. The summed E-state index contributed by atoms with van der Waals surface area (Å²) in [5.41, 5.74) is 2.53. The maximum absolute atomic E-state index is 12.7. The van der Waals surface area contributed by atoms with E-state index in [9.17, 15) is 9.59 Å². The largest absolute Gasteiger partial charge is 0.341 e. The van der Waals surface area contributed by atoms with Crippen LogP contribution in [0.5, 0.6) is 0 Å². The second-order valence-corrected chi connectivity index (χ2v) is 7.72. The van der Waals surface area contributed by atoms with Crippen molar-refractivity contribution in [3.8, 4) is 0 Å². The van der Waals surface area contributed by atoms with Gasteiger partial charge in [-0.25, -0.2) is 0 Å². The van der Waals surface area contributed by atoms with Gasteiger partial charge in [0.25, 0.3) is 0 Å². The van der Waals surface area contributed by atoms with Gasteiger partial charge in [-0.3, -0.25) is 9.59 Å². The molecule has 142 valence electrons. The van der Waals surface area contributed by atoms with Crippen molar-refractivity contribution in [3.05, 3.63) is 35.4 Å². The van der Waals surface area contributed by atoms with Gasteiger partial charge in [0.1, 0.15) is 0 Å². The summed E-state index contributed by atoms with van der Waals surface area (Å²) in [6, 6.07) is 8.71. The Morgan fingerprint density at radius 3 is 2.08 bits per heavy atom. The fraction of sp³-hybridized carbons (Fsp3) is 0.636. The molecular formula is C22H32N2O2. The molecule has 2 aliphatic rings. The molecule has 0 aromatic heterocycles. The highest BCUT2D eigenvalue weighted by Crippen LogP contribution is 2.32. The lowest BCUT2D eigenvalue weighted by Gasteiger charge is -2.23. The Morgan fingerprint density at radius 1 is 0.846 bits per heavy atom. The topological polar surface area (TPSA) is 40.6 Å². The molecule has 1 saturated heterocycles. The SMILES string of the molecule is CCC(=O)N1CCCN(C(=O)Cc2ccc(C3CCCCC3)cc2)CC1. The lowest BCUT2D eigenvalue weighted by atomic mass is 9.84. The van der Waals surface area contributed by atoms with E-state index in [2.05, 4.69) is 24.3 Å². The summed E-state index contributed by atoms with van der Waals surface area (Å²) in [6.45, 7) is 4.75. The second-order valence-electron chi connectivity index (χ2n) is 7.72. The number of nitrogens with zero attached hydrogens (tertiary/aromatic N) is 2. The molecule has 1 aliphatic carbocycles. The van der Waals surface area contributed by atoms with Gasteiger partial charge in [0.15, 0.2) is 0 Å². The molecule has 1 aromatic rings. The first-order valence-electron chi connectivity index (χ1n) is 10.3. The highest BCUT2D eigenvalue weighted by atomic mass is 16.2. The molecule has 1 aromatic carbocycles. The fourth-order valence-electron chi connectivity index (χ4n) is 4.27. The molecule has 1 saturated carbocycles. The van der Waals surface area contributed by atoms with Gasteiger partial charge in [0.05, 0.1) is 6.42 Å². The molecule has 0 bridgehead atoms. The minimum atomic E-state index is 0.182. The maximum atomic E-state index is 12.7. The predicted molar refractivity (Wildman–Crippen MR) is 104 cm³/mol. The Bertz CT molecular complexity index is 605. The number of carbonyl (C=O) groups excluding carboxylic acids is 2. The van der Waals surface area contributed by atoms with Gasteiger partial charge in [0, 0.05) is 32.6 Å². The van der Waals surface area contributed by atoms with E-state index < -0.39 is 0 Å². The molecule has 2 fully saturated rings. The molecule has 0 spiro atoms. The highest BCUT2D eigenvalue weighted by molar-refractivity contribution is 5.79. The standard InChI is InChI=1S/C22H32N2O2/c1-2-21(25)23-13-6-14-24(16-15-23)22(26)17-18-9-11-20(12-10-18)19-7-4-3-5-8-19/h9-12,19H,2-8,13-17H2,1H3. The van der Waals surface area contributed by atoms with Crippen LogP contribution in [0.2, 0.25) is 0 Å². The summed E-state index contributed by atoms with van der Waals surface area (Å²) < 4.78 is 0. The van der Waals surface area contributed by atoms with Crippen molar-refractivity contribution in [3.63, 3.8) is 0 Å². The van der Waals surface area contributed by atoms with Crippen LogP contribution in [-0.2, 0) is 16.0 Å². The predicted octanol–water partition coefficient (Wildman–Crippen LogP) is 3.75. The van der Waals surface area contributed by atoms with Crippen molar-refractivity contribution >= 4 is 11.8 Å². The molecule has 4 heteroatoms. The summed E-state index contributed by atoms with van der Waals surface area (Å²) >= 11 is 0. The fourth-order valence-corrected chi connectivity index (χ4v) is 4.27. The second kappa shape index (κ2) is 9.20. The van der Waals surface area contributed by atoms with E-state index in [1.165, 1.54) is 37.7 Å². The van der Waals surface area contributed by atoms with Crippen molar-refractivity contribution in [1.82, 2.24) is 9.80 Å². The van der Waals surface area contributed by atoms with E-state index in [4.69, 9.17) is 0 Å². The van der Waals surface area contributed by atoms with Gasteiger partial charge in [-0.15, -0.1) is 0 Å². The zero-order valence-electron chi connectivity index (χ0n) is 16.1. The van der Waals surface area contributed by atoms with Crippen molar-refractivity contribution in [2.45, 2.75) is 64.2 Å². The van der Waals surface area contributed by atoms with Gasteiger partial charge in [-0.05, 0) is 36.3 Å². The smallest absolute Gasteiger partial charge is 0.227 e. The average Bonchev–Trinajstić information content (AvgIpc) is 2.95. The third kappa shape index (κ3) is 4.87. The molecule has 0 radical (unpaired) electrons. The van der Waals surface area contributed by atoms with Crippen LogP contribution in [0.4, 0.5) is 0 Å². The van der Waals surface area contributed by atoms with E-state index in [1.807, 2.05) is 16.7 Å². The minimum Gasteiger partial charge on any atom is -0.341 e. The number of benzene rings is 1. The molecule has 2 amide bonds. The van der Waals surface area contributed by atoms with Crippen LogP contribution < -0.4 is 0 Å². The molecular weight excluding hydrogens is 324 g/mol. The van der Waals surface area contributed by atoms with Crippen LogP contribution in [0.25, 0.3) is 0 Å². The molecule has 0 atom stereocenters.